The first-order valence-electron chi connectivity index (χ1n) is 9.64. The minimum atomic E-state index is 0.0298. The van der Waals surface area contributed by atoms with Gasteiger partial charge < -0.3 is 9.80 Å². The predicted molar refractivity (Wildman–Crippen MR) is 101 cm³/mol. The molecule has 2 aliphatic rings. The van der Waals surface area contributed by atoms with Crippen molar-refractivity contribution in [2.45, 2.75) is 27.2 Å². The molecule has 6 heteroatoms. The van der Waals surface area contributed by atoms with Gasteiger partial charge in [0.25, 0.3) is 5.91 Å². The lowest BCUT2D eigenvalue weighted by Crippen LogP contribution is -2.53. The molecule has 1 aromatic heterocycles. The standard InChI is InChI=1S/C20H30N4O2/c1-15-10-16(2)13-24(12-15)19(25)14-22-6-8-23(9-7-22)20(26)18-5-4-17(3)21-11-18/h4-5,11,15-16H,6-10,12-14H2,1-3H3. The number of aromatic nitrogens is 1. The number of carbonyl (C=O) groups excluding carboxylic acids is 2. The van der Waals surface area contributed by atoms with E-state index in [1.165, 1.54) is 6.42 Å². The molecule has 26 heavy (non-hydrogen) atoms. The van der Waals surface area contributed by atoms with Crippen LogP contribution in [-0.2, 0) is 4.79 Å². The third kappa shape index (κ3) is 4.61. The maximum atomic E-state index is 12.6. The van der Waals surface area contributed by atoms with Crippen LogP contribution in [0.2, 0.25) is 0 Å². The average molecular weight is 358 g/mol. The van der Waals surface area contributed by atoms with Crippen molar-refractivity contribution in [1.29, 1.82) is 0 Å². The predicted octanol–water partition coefficient (Wildman–Crippen LogP) is 1.65. The lowest BCUT2D eigenvalue weighted by molar-refractivity contribution is -0.135. The maximum absolute atomic E-state index is 12.6. The van der Waals surface area contributed by atoms with Gasteiger partial charge in [0.1, 0.15) is 0 Å². The van der Waals surface area contributed by atoms with E-state index in [0.717, 1.165) is 31.9 Å². The van der Waals surface area contributed by atoms with Crippen LogP contribution in [0.1, 0.15) is 36.3 Å². The summed E-state index contributed by atoms with van der Waals surface area (Å²) < 4.78 is 0. The second-order valence-electron chi connectivity index (χ2n) is 8.00. The highest BCUT2D eigenvalue weighted by Crippen LogP contribution is 2.21. The Balaban J connectivity index is 1.48. The molecule has 2 atom stereocenters. The Bertz CT molecular complexity index is 628. The zero-order valence-corrected chi connectivity index (χ0v) is 16.1. The largest absolute Gasteiger partial charge is 0.341 e. The van der Waals surface area contributed by atoms with Crippen molar-refractivity contribution in [2.24, 2.45) is 11.8 Å². The van der Waals surface area contributed by atoms with Crippen molar-refractivity contribution >= 4 is 11.8 Å². The quantitative estimate of drug-likeness (QED) is 0.824. The molecule has 3 heterocycles. The smallest absolute Gasteiger partial charge is 0.255 e. The van der Waals surface area contributed by atoms with Gasteiger partial charge in [0, 0.05) is 51.2 Å². The second kappa shape index (κ2) is 8.16. The summed E-state index contributed by atoms with van der Waals surface area (Å²) in [6, 6.07) is 3.70. The van der Waals surface area contributed by atoms with Gasteiger partial charge in [-0.3, -0.25) is 19.5 Å². The first-order valence-corrected chi connectivity index (χ1v) is 9.64. The molecule has 2 saturated heterocycles. The fourth-order valence-electron chi connectivity index (χ4n) is 4.04. The number of amides is 2. The topological polar surface area (TPSA) is 56.8 Å². The van der Waals surface area contributed by atoms with Gasteiger partial charge in [-0.15, -0.1) is 0 Å². The van der Waals surface area contributed by atoms with Gasteiger partial charge in [0.2, 0.25) is 5.91 Å². The lowest BCUT2D eigenvalue weighted by Gasteiger charge is -2.38. The number of rotatable bonds is 3. The number of aryl methyl sites for hydroxylation is 1. The number of piperazine rings is 1. The van der Waals surface area contributed by atoms with Crippen LogP contribution >= 0.6 is 0 Å². The van der Waals surface area contributed by atoms with Gasteiger partial charge in [0.05, 0.1) is 12.1 Å². The van der Waals surface area contributed by atoms with Crippen LogP contribution in [-0.4, -0.2) is 77.3 Å². The maximum Gasteiger partial charge on any atom is 0.255 e. The molecule has 2 unspecified atom stereocenters. The van der Waals surface area contributed by atoms with Gasteiger partial charge in [-0.05, 0) is 37.3 Å². The molecule has 1 aromatic rings. The van der Waals surface area contributed by atoms with Crippen LogP contribution in [0.3, 0.4) is 0 Å². The molecule has 0 aliphatic carbocycles. The van der Waals surface area contributed by atoms with E-state index in [4.69, 9.17) is 0 Å². The molecule has 3 rings (SSSR count). The number of hydrogen-bond donors (Lipinski definition) is 0. The van der Waals surface area contributed by atoms with Crippen molar-refractivity contribution in [2.75, 3.05) is 45.8 Å². The Hall–Kier alpha value is -1.95. The molecule has 2 fully saturated rings. The van der Waals surface area contributed by atoms with Crippen molar-refractivity contribution in [3.63, 3.8) is 0 Å². The first-order chi connectivity index (χ1) is 12.4. The van der Waals surface area contributed by atoms with Crippen LogP contribution in [0.25, 0.3) is 0 Å². The fourth-order valence-corrected chi connectivity index (χ4v) is 4.04. The second-order valence-corrected chi connectivity index (χ2v) is 8.00. The summed E-state index contributed by atoms with van der Waals surface area (Å²) in [6.07, 6.45) is 2.85. The van der Waals surface area contributed by atoms with Gasteiger partial charge in [-0.25, -0.2) is 0 Å². The van der Waals surface area contributed by atoms with Gasteiger partial charge >= 0.3 is 0 Å². The van der Waals surface area contributed by atoms with Gasteiger partial charge in [-0.1, -0.05) is 13.8 Å². The summed E-state index contributed by atoms with van der Waals surface area (Å²) in [7, 11) is 0. The SMILES string of the molecule is Cc1ccc(C(=O)N2CCN(CC(=O)N3CC(C)CC(C)C3)CC2)cn1. The van der Waals surface area contributed by atoms with E-state index >= 15 is 0 Å². The summed E-state index contributed by atoms with van der Waals surface area (Å²) in [5, 5.41) is 0. The van der Waals surface area contributed by atoms with Crippen molar-refractivity contribution in [3.8, 4) is 0 Å². The molecule has 2 aliphatic heterocycles. The number of piperidine rings is 1. The van der Waals surface area contributed by atoms with E-state index in [2.05, 4.69) is 23.7 Å². The van der Waals surface area contributed by atoms with Gasteiger partial charge in [0.15, 0.2) is 0 Å². The normalized spacial score (nSPS) is 24.6. The number of nitrogens with zero attached hydrogens (tertiary/aromatic N) is 4. The third-order valence-corrected chi connectivity index (χ3v) is 5.40. The van der Waals surface area contributed by atoms with E-state index in [9.17, 15) is 9.59 Å². The molecule has 0 spiro atoms. The minimum Gasteiger partial charge on any atom is -0.341 e. The third-order valence-electron chi connectivity index (χ3n) is 5.40. The van der Waals surface area contributed by atoms with Crippen molar-refractivity contribution in [1.82, 2.24) is 19.7 Å². The Morgan fingerprint density at radius 3 is 2.27 bits per heavy atom. The van der Waals surface area contributed by atoms with E-state index < -0.39 is 0 Å². The number of carbonyl (C=O) groups is 2. The first kappa shape index (κ1) is 18.8. The lowest BCUT2D eigenvalue weighted by atomic mass is 9.92. The average Bonchev–Trinajstić information content (AvgIpc) is 2.61. The number of likely N-dealkylation sites (tertiary alicyclic amines) is 1. The molecule has 0 radical (unpaired) electrons. The number of hydrogen-bond acceptors (Lipinski definition) is 4. The zero-order chi connectivity index (χ0) is 18.7. The monoisotopic (exact) mass is 358 g/mol. The zero-order valence-electron chi connectivity index (χ0n) is 16.1. The van der Waals surface area contributed by atoms with Gasteiger partial charge in [-0.2, -0.15) is 0 Å². The molecular formula is C20H30N4O2. The molecule has 0 aromatic carbocycles. The summed E-state index contributed by atoms with van der Waals surface area (Å²) in [6.45, 7) is 11.4. The highest BCUT2D eigenvalue weighted by atomic mass is 16.2. The highest BCUT2D eigenvalue weighted by Gasteiger charge is 2.28. The van der Waals surface area contributed by atoms with E-state index in [1.54, 1.807) is 6.20 Å². The molecule has 0 N–H and O–H groups in total. The van der Waals surface area contributed by atoms with E-state index in [0.29, 0.717) is 37.0 Å². The molecule has 142 valence electrons. The summed E-state index contributed by atoms with van der Waals surface area (Å²) >= 11 is 0. The van der Waals surface area contributed by atoms with Crippen LogP contribution < -0.4 is 0 Å². The minimum absolute atomic E-state index is 0.0298. The number of pyridine rings is 1. The summed E-state index contributed by atoms with van der Waals surface area (Å²) in [4.78, 5) is 35.4. The fraction of sp³-hybridized carbons (Fsp3) is 0.650. The Labute approximate surface area is 156 Å². The van der Waals surface area contributed by atoms with E-state index in [-0.39, 0.29) is 11.8 Å². The Kier molecular flexibility index (Phi) is 5.91. The van der Waals surface area contributed by atoms with Crippen molar-refractivity contribution in [3.05, 3.63) is 29.6 Å². The molecule has 0 bridgehead atoms. The molecule has 0 saturated carbocycles. The van der Waals surface area contributed by atoms with E-state index in [1.807, 2.05) is 28.9 Å². The Morgan fingerprint density at radius 1 is 1.04 bits per heavy atom. The van der Waals surface area contributed by atoms with Crippen LogP contribution in [0, 0.1) is 18.8 Å². The molecule has 6 nitrogen and oxygen atoms in total. The summed E-state index contributed by atoms with van der Waals surface area (Å²) in [5.41, 5.74) is 1.54. The van der Waals surface area contributed by atoms with Crippen LogP contribution in [0.15, 0.2) is 18.3 Å². The summed E-state index contributed by atoms with van der Waals surface area (Å²) in [5.74, 6) is 1.42. The molecular weight excluding hydrogens is 328 g/mol. The van der Waals surface area contributed by atoms with Crippen LogP contribution in [0.4, 0.5) is 0 Å². The van der Waals surface area contributed by atoms with Crippen molar-refractivity contribution < 1.29 is 9.59 Å². The van der Waals surface area contributed by atoms with Crippen LogP contribution in [0.5, 0.6) is 0 Å². The highest BCUT2D eigenvalue weighted by molar-refractivity contribution is 5.94. The Morgan fingerprint density at radius 2 is 1.69 bits per heavy atom. The molecule has 2 amide bonds.